The van der Waals surface area contributed by atoms with Crippen LogP contribution in [0.15, 0.2) is 30.3 Å². The molecule has 0 aliphatic heterocycles. The summed E-state index contributed by atoms with van der Waals surface area (Å²) < 4.78 is 0. The molecule has 0 aliphatic carbocycles. The normalized spacial score (nSPS) is 11.0. The molecule has 4 nitrogen and oxygen atoms in total. The van der Waals surface area contributed by atoms with Crippen molar-refractivity contribution in [2.24, 2.45) is 0 Å². The molecule has 106 valence electrons. The largest absolute Gasteiger partial charge is 0.478 e. The number of hydrogen-bond donors (Lipinski definition) is 2. The quantitative estimate of drug-likeness (QED) is 0.749. The van der Waals surface area contributed by atoms with Crippen LogP contribution in [0, 0.1) is 20.8 Å². The number of para-hydroxylation sites is 1. The summed E-state index contributed by atoms with van der Waals surface area (Å²) in [5, 5.41) is 9.25. The van der Waals surface area contributed by atoms with Crippen molar-refractivity contribution in [3.05, 3.63) is 52.6 Å². The minimum Gasteiger partial charge on any atom is -0.478 e. The van der Waals surface area contributed by atoms with E-state index in [4.69, 9.17) is 0 Å². The number of benzene rings is 2. The zero-order valence-corrected chi connectivity index (χ0v) is 12.2. The highest BCUT2D eigenvalue weighted by atomic mass is 16.4. The first kappa shape index (κ1) is 13.4. The van der Waals surface area contributed by atoms with Gasteiger partial charge in [0.05, 0.1) is 11.1 Å². The fourth-order valence-corrected chi connectivity index (χ4v) is 2.88. The average Bonchev–Trinajstić information content (AvgIpc) is 2.79. The van der Waals surface area contributed by atoms with Crippen LogP contribution in [0.2, 0.25) is 0 Å². The van der Waals surface area contributed by atoms with Crippen molar-refractivity contribution in [1.82, 2.24) is 9.97 Å². The lowest BCUT2D eigenvalue weighted by molar-refractivity contribution is 0.0699. The van der Waals surface area contributed by atoms with Gasteiger partial charge < -0.3 is 10.1 Å². The van der Waals surface area contributed by atoms with Gasteiger partial charge in [-0.25, -0.2) is 9.78 Å². The van der Waals surface area contributed by atoms with Crippen LogP contribution in [0.1, 0.15) is 27.0 Å². The molecule has 0 amide bonds. The molecule has 2 aromatic carbocycles. The van der Waals surface area contributed by atoms with E-state index >= 15 is 0 Å². The fourth-order valence-electron chi connectivity index (χ4n) is 2.88. The van der Waals surface area contributed by atoms with Crippen LogP contribution in [-0.2, 0) is 0 Å². The highest BCUT2D eigenvalue weighted by Gasteiger charge is 2.15. The van der Waals surface area contributed by atoms with Crippen LogP contribution in [0.25, 0.3) is 22.4 Å². The highest BCUT2D eigenvalue weighted by molar-refractivity contribution is 6.01. The number of H-pyrrole nitrogens is 1. The Morgan fingerprint density at radius 2 is 1.81 bits per heavy atom. The molecule has 0 fully saturated rings. The van der Waals surface area contributed by atoms with Gasteiger partial charge in [0.15, 0.2) is 0 Å². The Hall–Kier alpha value is -2.62. The van der Waals surface area contributed by atoms with E-state index in [1.807, 2.05) is 19.9 Å². The van der Waals surface area contributed by atoms with Gasteiger partial charge in [0.2, 0.25) is 0 Å². The zero-order valence-electron chi connectivity index (χ0n) is 12.2. The Bertz CT molecular complexity index is 839. The molecule has 2 N–H and O–H groups in total. The molecule has 0 radical (unpaired) electrons. The van der Waals surface area contributed by atoms with Crippen molar-refractivity contribution in [2.75, 3.05) is 0 Å². The Labute approximate surface area is 122 Å². The number of aromatic nitrogens is 2. The van der Waals surface area contributed by atoms with E-state index < -0.39 is 5.97 Å². The molecular weight excluding hydrogens is 264 g/mol. The van der Waals surface area contributed by atoms with Crippen molar-refractivity contribution in [2.45, 2.75) is 20.8 Å². The lowest BCUT2D eigenvalue weighted by atomic mass is 9.99. The van der Waals surface area contributed by atoms with E-state index in [-0.39, 0.29) is 5.56 Å². The maximum absolute atomic E-state index is 11.3. The van der Waals surface area contributed by atoms with Gasteiger partial charge >= 0.3 is 5.97 Å². The second-order valence-electron chi connectivity index (χ2n) is 5.37. The topological polar surface area (TPSA) is 66.0 Å². The smallest absolute Gasteiger partial charge is 0.337 e. The van der Waals surface area contributed by atoms with Gasteiger partial charge in [-0.3, -0.25) is 0 Å². The fraction of sp³-hybridized carbons (Fsp3) is 0.176. The van der Waals surface area contributed by atoms with Gasteiger partial charge in [0.25, 0.3) is 0 Å². The monoisotopic (exact) mass is 280 g/mol. The van der Waals surface area contributed by atoms with Gasteiger partial charge in [-0.05, 0) is 44.0 Å². The molecule has 4 heteroatoms. The van der Waals surface area contributed by atoms with Crippen LogP contribution < -0.4 is 0 Å². The minimum atomic E-state index is -0.962. The number of carboxylic acids is 1. The van der Waals surface area contributed by atoms with Crippen molar-refractivity contribution < 1.29 is 9.90 Å². The minimum absolute atomic E-state index is 0.220. The van der Waals surface area contributed by atoms with E-state index in [0.29, 0.717) is 11.3 Å². The van der Waals surface area contributed by atoms with Crippen molar-refractivity contribution >= 4 is 17.0 Å². The maximum Gasteiger partial charge on any atom is 0.337 e. The summed E-state index contributed by atoms with van der Waals surface area (Å²) in [4.78, 5) is 19.0. The number of aromatic amines is 1. The first-order valence-electron chi connectivity index (χ1n) is 6.77. The second kappa shape index (κ2) is 4.74. The van der Waals surface area contributed by atoms with Crippen LogP contribution in [0.3, 0.4) is 0 Å². The van der Waals surface area contributed by atoms with Gasteiger partial charge in [0, 0.05) is 5.56 Å². The number of aromatic carboxylic acids is 1. The number of aryl methyl sites for hydroxylation is 3. The van der Waals surface area contributed by atoms with Crippen LogP contribution >= 0.6 is 0 Å². The van der Waals surface area contributed by atoms with Gasteiger partial charge in [0.1, 0.15) is 11.3 Å². The summed E-state index contributed by atoms with van der Waals surface area (Å²) in [5.41, 5.74) is 5.96. The Morgan fingerprint density at radius 3 is 2.43 bits per heavy atom. The molecule has 0 spiro atoms. The second-order valence-corrected chi connectivity index (χ2v) is 5.37. The van der Waals surface area contributed by atoms with E-state index in [1.54, 1.807) is 12.1 Å². The van der Waals surface area contributed by atoms with Crippen LogP contribution in [-0.4, -0.2) is 21.0 Å². The molecule has 0 saturated heterocycles. The third kappa shape index (κ3) is 2.18. The Kier molecular flexibility index (Phi) is 3.01. The number of rotatable bonds is 2. The molecule has 0 bridgehead atoms. The van der Waals surface area contributed by atoms with E-state index in [9.17, 15) is 9.90 Å². The summed E-state index contributed by atoms with van der Waals surface area (Å²) in [5.74, 6) is -0.246. The molecule has 3 aromatic rings. The number of fused-ring (bicyclic) bond motifs is 1. The number of nitrogens with zero attached hydrogens (tertiary/aromatic N) is 1. The molecule has 1 aromatic heterocycles. The van der Waals surface area contributed by atoms with Crippen molar-refractivity contribution in [3.63, 3.8) is 0 Å². The summed E-state index contributed by atoms with van der Waals surface area (Å²) in [6, 6.07) is 9.35. The van der Waals surface area contributed by atoms with Gasteiger partial charge in [-0.2, -0.15) is 0 Å². The molecule has 0 saturated carbocycles. The summed E-state index contributed by atoms with van der Waals surface area (Å²) in [6.07, 6.45) is 0. The molecule has 0 unspecified atom stereocenters. The first-order valence-corrected chi connectivity index (χ1v) is 6.77. The van der Waals surface area contributed by atoms with Crippen molar-refractivity contribution in [1.29, 1.82) is 0 Å². The number of carbonyl (C=O) groups is 1. The number of carboxylic acid groups (broad SMARTS) is 1. The van der Waals surface area contributed by atoms with E-state index in [2.05, 4.69) is 29.0 Å². The van der Waals surface area contributed by atoms with Crippen molar-refractivity contribution in [3.8, 4) is 11.4 Å². The zero-order chi connectivity index (χ0) is 15.1. The third-order valence-corrected chi connectivity index (χ3v) is 3.66. The average molecular weight is 280 g/mol. The van der Waals surface area contributed by atoms with Crippen LogP contribution in [0.5, 0.6) is 0 Å². The Morgan fingerprint density at radius 1 is 1.14 bits per heavy atom. The summed E-state index contributed by atoms with van der Waals surface area (Å²) in [6.45, 7) is 6.15. The molecule has 0 aliphatic rings. The Balaban J connectivity index is 2.28. The molecule has 0 atom stereocenters. The number of nitrogens with one attached hydrogen (secondary N) is 1. The number of hydrogen-bond acceptors (Lipinski definition) is 2. The first-order chi connectivity index (χ1) is 9.97. The summed E-state index contributed by atoms with van der Waals surface area (Å²) in [7, 11) is 0. The molecular formula is C17H16N2O2. The standard InChI is InChI=1S/C17H16N2O2/c1-9-7-10(2)14(11(3)8-9)16-18-13-6-4-5-12(17(20)21)15(13)19-16/h4-8H,1-3H3,(H,18,19)(H,20,21). The maximum atomic E-state index is 11.3. The molecule has 1 heterocycles. The highest BCUT2D eigenvalue weighted by Crippen LogP contribution is 2.29. The molecule has 21 heavy (non-hydrogen) atoms. The van der Waals surface area contributed by atoms with E-state index in [1.165, 1.54) is 5.56 Å². The predicted molar refractivity (Wildman–Crippen MR) is 82.7 cm³/mol. The number of imidazole rings is 1. The van der Waals surface area contributed by atoms with Gasteiger partial charge in [-0.1, -0.05) is 23.8 Å². The SMILES string of the molecule is Cc1cc(C)c(-c2nc3c(C(=O)O)cccc3[nH]2)c(C)c1. The molecule has 3 rings (SSSR count). The predicted octanol–water partition coefficient (Wildman–Crippen LogP) is 3.85. The lowest BCUT2D eigenvalue weighted by Crippen LogP contribution is -1.96. The van der Waals surface area contributed by atoms with Crippen LogP contribution in [0.4, 0.5) is 0 Å². The van der Waals surface area contributed by atoms with Gasteiger partial charge in [-0.15, -0.1) is 0 Å². The summed E-state index contributed by atoms with van der Waals surface area (Å²) >= 11 is 0. The lowest BCUT2D eigenvalue weighted by Gasteiger charge is -2.08. The third-order valence-electron chi connectivity index (χ3n) is 3.66. The van der Waals surface area contributed by atoms with E-state index in [0.717, 1.165) is 22.2 Å².